The minimum Gasteiger partial charge on any atom is -0.380 e. The van der Waals surface area contributed by atoms with Gasteiger partial charge < -0.3 is 15.4 Å². The minimum absolute atomic E-state index is 0. The Morgan fingerprint density at radius 2 is 1.93 bits per heavy atom. The molecule has 0 amide bonds. The van der Waals surface area contributed by atoms with Gasteiger partial charge in [0, 0.05) is 39.0 Å². The molecule has 2 N–H and O–H groups in total. The molecule has 1 heterocycles. The number of benzene rings is 1. The van der Waals surface area contributed by atoms with Gasteiger partial charge in [0.25, 0.3) is 0 Å². The lowest BCUT2D eigenvalue weighted by atomic mass is 10.1. The fourth-order valence-electron chi connectivity index (χ4n) is 2.27. The molecule has 0 bridgehead atoms. The summed E-state index contributed by atoms with van der Waals surface area (Å²) in [6.45, 7) is 1.52. The predicted octanol–water partition coefficient (Wildman–Crippen LogP) is 3.83. The Balaban J connectivity index is 0.00000364. The molecule has 0 saturated heterocycles. The highest BCUT2D eigenvalue weighted by molar-refractivity contribution is 14.0. The van der Waals surface area contributed by atoms with Gasteiger partial charge in [-0.15, -0.1) is 35.3 Å². The molecule has 0 fully saturated rings. The lowest BCUT2D eigenvalue weighted by Gasteiger charge is -2.13. The van der Waals surface area contributed by atoms with E-state index in [4.69, 9.17) is 4.74 Å². The molecule has 0 radical (unpaired) electrons. The van der Waals surface area contributed by atoms with E-state index in [1.165, 1.54) is 0 Å². The predicted molar refractivity (Wildman–Crippen MR) is 112 cm³/mol. The van der Waals surface area contributed by atoms with Crippen molar-refractivity contribution in [2.45, 2.75) is 25.7 Å². The SMILES string of the molecule is CN=C(NCCc1nc(C(F)(F)F)cs1)NCc1ccccc1COC.I. The van der Waals surface area contributed by atoms with Gasteiger partial charge in [-0.05, 0) is 11.1 Å². The van der Waals surface area contributed by atoms with Gasteiger partial charge in [0.05, 0.1) is 11.6 Å². The molecule has 0 aliphatic carbocycles. The monoisotopic (exact) mass is 514 g/mol. The number of ether oxygens (including phenoxy) is 1. The topological polar surface area (TPSA) is 58.5 Å². The van der Waals surface area contributed by atoms with E-state index in [0.717, 1.165) is 27.8 Å². The van der Waals surface area contributed by atoms with Crippen LogP contribution in [-0.4, -0.2) is 31.6 Å². The Morgan fingerprint density at radius 1 is 1.22 bits per heavy atom. The van der Waals surface area contributed by atoms with Gasteiger partial charge in [0.1, 0.15) is 0 Å². The summed E-state index contributed by atoms with van der Waals surface area (Å²) >= 11 is 1.01. The molecular weight excluding hydrogens is 492 g/mol. The van der Waals surface area contributed by atoms with Gasteiger partial charge >= 0.3 is 6.18 Å². The lowest BCUT2D eigenvalue weighted by molar-refractivity contribution is -0.140. The first-order valence-corrected chi connectivity index (χ1v) is 8.84. The van der Waals surface area contributed by atoms with Crippen molar-refractivity contribution in [3.8, 4) is 0 Å². The summed E-state index contributed by atoms with van der Waals surface area (Å²) in [4.78, 5) is 7.73. The number of nitrogens with one attached hydrogen (secondary N) is 2. The first kappa shape index (κ1) is 23.6. The molecule has 2 rings (SSSR count). The van der Waals surface area contributed by atoms with Crippen molar-refractivity contribution in [3.05, 3.63) is 51.5 Å². The largest absolute Gasteiger partial charge is 0.434 e. The molecule has 27 heavy (non-hydrogen) atoms. The molecule has 0 saturated carbocycles. The molecule has 0 aliphatic heterocycles. The molecule has 10 heteroatoms. The summed E-state index contributed by atoms with van der Waals surface area (Å²) in [5.74, 6) is 0.574. The van der Waals surface area contributed by atoms with Gasteiger partial charge in [-0.3, -0.25) is 4.99 Å². The Kier molecular flexibility index (Phi) is 10.0. The van der Waals surface area contributed by atoms with E-state index in [0.29, 0.717) is 37.1 Å². The second kappa shape index (κ2) is 11.4. The normalized spacial score (nSPS) is 11.8. The number of guanidine groups is 1. The van der Waals surface area contributed by atoms with Crippen LogP contribution in [0, 0.1) is 0 Å². The molecule has 1 aromatic heterocycles. The highest BCUT2D eigenvalue weighted by Crippen LogP contribution is 2.29. The Labute approximate surface area is 177 Å². The molecular formula is C17H22F3IN4OS. The summed E-state index contributed by atoms with van der Waals surface area (Å²) in [5, 5.41) is 7.74. The van der Waals surface area contributed by atoms with Crippen molar-refractivity contribution in [3.63, 3.8) is 0 Å². The van der Waals surface area contributed by atoms with E-state index in [9.17, 15) is 13.2 Å². The van der Waals surface area contributed by atoms with Crippen LogP contribution in [0.25, 0.3) is 0 Å². The van der Waals surface area contributed by atoms with Crippen LogP contribution in [0.1, 0.15) is 21.8 Å². The number of alkyl halides is 3. The van der Waals surface area contributed by atoms with Gasteiger partial charge in [0.2, 0.25) is 0 Å². The standard InChI is InChI=1S/C17H21F3N4OS.HI/c1-21-16(23-9-12-5-3-4-6-13(12)10-25-2)22-8-7-15-24-14(11-26-15)17(18,19)20;/h3-6,11H,7-10H2,1-2H3,(H2,21,22,23);1H. The van der Waals surface area contributed by atoms with Crippen molar-refractivity contribution in [2.24, 2.45) is 4.99 Å². The van der Waals surface area contributed by atoms with E-state index in [1.54, 1.807) is 14.2 Å². The van der Waals surface area contributed by atoms with Crippen LogP contribution in [0.4, 0.5) is 13.2 Å². The second-order valence-corrected chi connectivity index (χ2v) is 6.37. The van der Waals surface area contributed by atoms with Crippen molar-refractivity contribution in [2.75, 3.05) is 20.7 Å². The quantitative estimate of drug-likeness (QED) is 0.335. The van der Waals surface area contributed by atoms with E-state index in [1.807, 2.05) is 24.3 Å². The van der Waals surface area contributed by atoms with Gasteiger partial charge in [0.15, 0.2) is 11.7 Å². The summed E-state index contributed by atoms with van der Waals surface area (Å²) in [6.07, 6.45) is -4.00. The molecule has 0 spiro atoms. The number of aromatic nitrogens is 1. The number of methoxy groups -OCH3 is 1. The summed E-state index contributed by atoms with van der Waals surface area (Å²) in [5.41, 5.74) is 1.34. The molecule has 0 unspecified atom stereocenters. The van der Waals surface area contributed by atoms with E-state index in [-0.39, 0.29) is 24.0 Å². The molecule has 2 aromatic rings. The molecule has 0 atom stereocenters. The first-order chi connectivity index (χ1) is 12.4. The third-order valence-electron chi connectivity index (χ3n) is 3.56. The zero-order valence-corrected chi connectivity index (χ0v) is 18.1. The minimum atomic E-state index is -4.39. The van der Waals surface area contributed by atoms with Crippen LogP contribution in [0.3, 0.4) is 0 Å². The first-order valence-electron chi connectivity index (χ1n) is 7.96. The zero-order valence-electron chi connectivity index (χ0n) is 15.0. The third kappa shape index (κ3) is 7.62. The number of hydrogen-bond donors (Lipinski definition) is 2. The van der Waals surface area contributed by atoms with E-state index in [2.05, 4.69) is 20.6 Å². The smallest absolute Gasteiger partial charge is 0.380 e. The fraction of sp³-hybridized carbons (Fsp3) is 0.412. The van der Waals surface area contributed by atoms with Crippen LogP contribution in [0.5, 0.6) is 0 Å². The molecule has 0 aliphatic rings. The molecule has 150 valence electrons. The summed E-state index contributed by atoms with van der Waals surface area (Å²) in [6, 6.07) is 7.90. The second-order valence-electron chi connectivity index (χ2n) is 5.43. The number of aliphatic imine (C=N–C) groups is 1. The number of hydrogen-bond acceptors (Lipinski definition) is 4. The summed E-state index contributed by atoms with van der Waals surface area (Å²) < 4.78 is 42.8. The van der Waals surface area contributed by atoms with Gasteiger partial charge in [-0.2, -0.15) is 13.2 Å². The van der Waals surface area contributed by atoms with Gasteiger partial charge in [-0.25, -0.2) is 4.98 Å². The van der Waals surface area contributed by atoms with E-state index >= 15 is 0 Å². The number of halogens is 4. The maximum atomic E-state index is 12.5. The number of nitrogens with zero attached hydrogens (tertiary/aromatic N) is 2. The number of thiazole rings is 1. The Bertz CT molecular complexity index is 737. The van der Waals surface area contributed by atoms with Gasteiger partial charge in [-0.1, -0.05) is 24.3 Å². The average molecular weight is 514 g/mol. The highest BCUT2D eigenvalue weighted by atomic mass is 127. The molecule has 5 nitrogen and oxygen atoms in total. The maximum absolute atomic E-state index is 12.5. The van der Waals surface area contributed by atoms with Crippen molar-refractivity contribution >= 4 is 41.3 Å². The summed E-state index contributed by atoms with van der Waals surface area (Å²) in [7, 11) is 3.29. The van der Waals surface area contributed by atoms with Crippen molar-refractivity contribution < 1.29 is 17.9 Å². The lowest BCUT2D eigenvalue weighted by Crippen LogP contribution is -2.38. The van der Waals surface area contributed by atoms with Crippen LogP contribution in [-0.2, 0) is 30.5 Å². The van der Waals surface area contributed by atoms with Crippen LogP contribution < -0.4 is 10.6 Å². The number of rotatable bonds is 7. The maximum Gasteiger partial charge on any atom is 0.434 e. The van der Waals surface area contributed by atoms with Crippen molar-refractivity contribution in [1.29, 1.82) is 0 Å². The van der Waals surface area contributed by atoms with Crippen LogP contribution >= 0.6 is 35.3 Å². The van der Waals surface area contributed by atoms with E-state index < -0.39 is 11.9 Å². The molecule has 1 aromatic carbocycles. The highest BCUT2D eigenvalue weighted by Gasteiger charge is 2.33. The Hall–Kier alpha value is -1.40. The fourth-order valence-corrected chi connectivity index (χ4v) is 3.07. The third-order valence-corrected chi connectivity index (χ3v) is 4.47. The van der Waals surface area contributed by atoms with Crippen LogP contribution in [0.15, 0.2) is 34.6 Å². The van der Waals surface area contributed by atoms with Crippen molar-refractivity contribution in [1.82, 2.24) is 15.6 Å². The zero-order chi connectivity index (χ0) is 19.0. The van der Waals surface area contributed by atoms with Crippen LogP contribution in [0.2, 0.25) is 0 Å². The Morgan fingerprint density at radius 3 is 2.52 bits per heavy atom. The average Bonchev–Trinajstić information content (AvgIpc) is 3.08.